The Bertz CT molecular complexity index is 783. The molecule has 0 fully saturated rings. The maximum atomic E-state index is 13.4. The van der Waals surface area contributed by atoms with E-state index in [9.17, 15) is 44.6 Å². The highest BCUT2D eigenvalue weighted by Gasteiger charge is 2.83. The molecule has 2 rings (SSSR count). The van der Waals surface area contributed by atoms with Gasteiger partial charge in [0.25, 0.3) is 0 Å². The molecule has 0 aromatic heterocycles. The van der Waals surface area contributed by atoms with Gasteiger partial charge in [-0.1, -0.05) is 12.1 Å². The molecule has 0 bridgehead atoms. The number of fused-ring (bicyclic) bond motifs is 1. The van der Waals surface area contributed by atoms with E-state index in [0.29, 0.717) is 12.1 Å². The molecule has 11 heteroatoms. The van der Waals surface area contributed by atoms with Crippen LogP contribution in [0.5, 0.6) is 11.5 Å². The molecule has 0 saturated heterocycles. The SMILES string of the molecule is Oc1ccc2cc(OC(F)(F)C(F)(F)C(F)(F)C(F)(F)F)ccc2c1. The molecule has 0 radical (unpaired) electrons. The van der Waals surface area contributed by atoms with Crippen LogP contribution in [-0.4, -0.2) is 29.2 Å². The number of alkyl halides is 9. The van der Waals surface area contributed by atoms with Crippen molar-refractivity contribution in [1.29, 1.82) is 0 Å². The van der Waals surface area contributed by atoms with Gasteiger partial charge < -0.3 is 9.84 Å². The predicted molar refractivity (Wildman–Crippen MR) is 67.1 cm³/mol. The lowest BCUT2D eigenvalue weighted by atomic mass is 10.1. The summed E-state index contributed by atoms with van der Waals surface area (Å²) < 4.78 is 118. The lowest BCUT2D eigenvalue weighted by molar-refractivity contribution is -0.428. The fourth-order valence-corrected chi connectivity index (χ4v) is 1.85. The van der Waals surface area contributed by atoms with Crippen LogP contribution in [0.2, 0.25) is 0 Å². The first kappa shape index (κ1) is 19.0. The van der Waals surface area contributed by atoms with Crippen LogP contribution < -0.4 is 4.74 Å². The van der Waals surface area contributed by atoms with Crippen molar-refractivity contribution in [2.45, 2.75) is 24.1 Å². The Balaban J connectivity index is 2.39. The van der Waals surface area contributed by atoms with Gasteiger partial charge in [0.1, 0.15) is 11.5 Å². The van der Waals surface area contributed by atoms with E-state index in [1.807, 2.05) is 0 Å². The molecule has 0 aliphatic heterocycles. The van der Waals surface area contributed by atoms with Crippen molar-refractivity contribution >= 4 is 10.8 Å². The minimum absolute atomic E-state index is 0.0806. The third-order valence-corrected chi connectivity index (χ3v) is 3.16. The molecular formula is C14H7F9O2. The van der Waals surface area contributed by atoms with Crippen LogP contribution in [0.1, 0.15) is 0 Å². The van der Waals surface area contributed by atoms with E-state index in [1.165, 1.54) is 6.07 Å². The van der Waals surface area contributed by atoms with E-state index < -0.39 is 29.9 Å². The second-order valence-electron chi connectivity index (χ2n) is 4.96. The number of halogens is 9. The highest BCUT2D eigenvalue weighted by atomic mass is 19.4. The molecule has 138 valence electrons. The summed E-state index contributed by atoms with van der Waals surface area (Å²) in [4.78, 5) is 0. The third-order valence-electron chi connectivity index (χ3n) is 3.16. The van der Waals surface area contributed by atoms with E-state index in [4.69, 9.17) is 0 Å². The number of rotatable bonds is 4. The van der Waals surface area contributed by atoms with Crippen molar-refractivity contribution in [2.24, 2.45) is 0 Å². The summed E-state index contributed by atoms with van der Waals surface area (Å²) in [5, 5.41) is 9.55. The highest BCUT2D eigenvalue weighted by Crippen LogP contribution is 2.53. The quantitative estimate of drug-likeness (QED) is 0.727. The van der Waals surface area contributed by atoms with Crippen molar-refractivity contribution < 1.29 is 49.4 Å². The molecule has 0 unspecified atom stereocenters. The smallest absolute Gasteiger partial charge is 0.471 e. The molecular weight excluding hydrogens is 371 g/mol. The topological polar surface area (TPSA) is 29.5 Å². The number of hydrogen-bond acceptors (Lipinski definition) is 2. The van der Waals surface area contributed by atoms with Gasteiger partial charge in [-0.3, -0.25) is 0 Å². The molecule has 0 atom stereocenters. The van der Waals surface area contributed by atoms with Gasteiger partial charge in [0, 0.05) is 0 Å². The van der Waals surface area contributed by atoms with Gasteiger partial charge in [0.2, 0.25) is 0 Å². The maximum Gasteiger partial charge on any atom is 0.471 e. The molecule has 2 aromatic carbocycles. The van der Waals surface area contributed by atoms with Crippen LogP contribution in [0.25, 0.3) is 10.8 Å². The van der Waals surface area contributed by atoms with Gasteiger partial charge >= 0.3 is 24.1 Å². The Morgan fingerprint density at radius 3 is 1.76 bits per heavy atom. The summed E-state index contributed by atoms with van der Waals surface area (Å²) in [6, 6.07) is 5.82. The molecule has 1 N–H and O–H groups in total. The largest absolute Gasteiger partial charge is 0.508 e. The van der Waals surface area contributed by atoms with E-state index in [1.54, 1.807) is 0 Å². The van der Waals surface area contributed by atoms with Crippen LogP contribution in [0.15, 0.2) is 36.4 Å². The van der Waals surface area contributed by atoms with Crippen LogP contribution >= 0.6 is 0 Å². The van der Waals surface area contributed by atoms with Crippen molar-refractivity contribution in [3.8, 4) is 11.5 Å². The lowest BCUT2D eigenvalue weighted by Gasteiger charge is -2.33. The zero-order valence-corrected chi connectivity index (χ0v) is 11.7. The maximum absolute atomic E-state index is 13.4. The summed E-state index contributed by atoms with van der Waals surface area (Å²) in [5.41, 5.74) is 0. The first-order valence-corrected chi connectivity index (χ1v) is 6.31. The van der Waals surface area contributed by atoms with Crippen molar-refractivity contribution in [3.63, 3.8) is 0 Å². The Hall–Kier alpha value is -2.33. The van der Waals surface area contributed by atoms with E-state index >= 15 is 0 Å². The van der Waals surface area contributed by atoms with Gasteiger partial charge in [-0.25, -0.2) is 0 Å². The number of phenols is 1. The van der Waals surface area contributed by atoms with Gasteiger partial charge in [-0.15, -0.1) is 0 Å². The highest BCUT2D eigenvalue weighted by molar-refractivity contribution is 5.85. The number of phenolic OH excluding ortho intramolecular Hbond substituents is 1. The van der Waals surface area contributed by atoms with Crippen LogP contribution in [0.4, 0.5) is 39.5 Å². The summed E-state index contributed by atoms with van der Waals surface area (Å²) in [6.45, 7) is 0. The average Bonchev–Trinajstić information content (AvgIpc) is 2.45. The van der Waals surface area contributed by atoms with Gasteiger partial charge in [0.05, 0.1) is 0 Å². The molecule has 0 aliphatic rings. The van der Waals surface area contributed by atoms with Crippen molar-refractivity contribution in [1.82, 2.24) is 0 Å². The van der Waals surface area contributed by atoms with E-state index in [2.05, 4.69) is 4.74 Å². The molecule has 2 aromatic rings. The number of aromatic hydroxyl groups is 1. The van der Waals surface area contributed by atoms with E-state index in [-0.39, 0.29) is 16.5 Å². The minimum Gasteiger partial charge on any atom is -0.508 e. The molecule has 0 aliphatic carbocycles. The van der Waals surface area contributed by atoms with Crippen LogP contribution in [0, 0.1) is 0 Å². The van der Waals surface area contributed by atoms with Crippen LogP contribution in [0.3, 0.4) is 0 Å². The number of benzene rings is 2. The Morgan fingerprint density at radius 1 is 0.680 bits per heavy atom. The van der Waals surface area contributed by atoms with Crippen LogP contribution in [-0.2, 0) is 0 Å². The summed E-state index contributed by atoms with van der Waals surface area (Å²) in [6.07, 6.45) is -13.1. The monoisotopic (exact) mass is 378 g/mol. The van der Waals surface area contributed by atoms with Gasteiger partial charge in [0.15, 0.2) is 0 Å². The first-order valence-electron chi connectivity index (χ1n) is 6.31. The van der Waals surface area contributed by atoms with E-state index in [0.717, 1.165) is 18.2 Å². The number of hydrogen-bond donors (Lipinski definition) is 1. The third kappa shape index (κ3) is 3.14. The Kier molecular flexibility index (Phi) is 4.25. The Morgan fingerprint density at radius 2 is 1.20 bits per heavy atom. The first-order chi connectivity index (χ1) is 11.2. The minimum atomic E-state index is -7.02. The molecule has 25 heavy (non-hydrogen) atoms. The number of ether oxygens (including phenoxy) is 1. The fraction of sp³-hybridized carbons (Fsp3) is 0.286. The predicted octanol–water partition coefficient (Wildman–Crippen LogP) is 5.35. The molecule has 2 nitrogen and oxygen atoms in total. The normalized spacial score (nSPS) is 14.0. The zero-order chi connectivity index (χ0) is 19.3. The molecule has 0 saturated carbocycles. The van der Waals surface area contributed by atoms with Gasteiger partial charge in [-0.2, -0.15) is 39.5 Å². The average molecular weight is 378 g/mol. The molecule has 0 spiro atoms. The summed E-state index contributed by atoms with van der Waals surface area (Å²) >= 11 is 0. The fourth-order valence-electron chi connectivity index (χ4n) is 1.85. The standard InChI is InChI=1S/C14H7F9O2/c15-11(16,13(19,20)21)12(17,18)14(22,23)25-10-4-2-7-5-9(24)3-1-8(7)6-10/h1-6,24H. The zero-order valence-electron chi connectivity index (χ0n) is 11.7. The summed E-state index contributed by atoms with van der Waals surface area (Å²) in [5.74, 6) is -15.2. The second-order valence-corrected chi connectivity index (χ2v) is 4.96. The van der Waals surface area contributed by atoms with Crippen molar-refractivity contribution in [3.05, 3.63) is 36.4 Å². The second kappa shape index (κ2) is 5.60. The van der Waals surface area contributed by atoms with Crippen molar-refractivity contribution in [2.75, 3.05) is 0 Å². The van der Waals surface area contributed by atoms with Gasteiger partial charge in [-0.05, 0) is 35.0 Å². The lowest BCUT2D eigenvalue weighted by Crippen LogP contribution is -2.62. The molecule has 0 amide bonds. The molecule has 0 heterocycles. The Labute approximate surface area is 133 Å². The summed E-state index contributed by atoms with van der Waals surface area (Å²) in [7, 11) is 0.